The summed E-state index contributed by atoms with van der Waals surface area (Å²) in [4.78, 5) is 11.0. The molecule has 0 aromatic rings. The van der Waals surface area contributed by atoms with Gasteiger partial charge in [-0.25, -0.2) is 0 Å². The molecular formula is C12H25NO2S. The first kappa shape index (κ1) is 15.8. The number of nitrogens with one attached hydrogen (secondary N) is 1. The molecule has 0 heterocycles. The van der Waals surface area contributed by atoms with Crippen molar-refractivity contribution in [2.75, 3.05) is 24.7 Å². The summed E-state index contributed by atoms with van der Waals surface area (Å²) >= 11 is 1.67. The Morgan fingerprint density at radius 2 is 2.12 bits per heavy atom. The molecule has 96 valence electrons. The van der Waals surface area contributed by atoms with Gasteiger partial charge < -0.3 is 10.1 Å². The van der Waals surface area contributed by atoms with Gasteiger partial charge in [0, 0.05) is 6.04 Å². The summed E-state index contributed by atoms with van der Waals surface area (Å²) < 4.78 is 4.86. The lowest BCUT2D eigenvalue weighted by Gasteiger charge is -2.14. The zero-order chi connectivity index (χ0) is 12.2. The molecule has 0 aliphatic carbocycles. The van der Waals surface area contributed by atoms with Crippen LogP contribution in [0.15, 0.2) is 0 Å². The molecule has 1 N–H and O–H groups in total. The SMILES string of the molecule is CCNC(CC)CCCSCC(=O)OCC. The van der Waals surface area contributed by atoms with Gasteiger partial charge in [-0.3, -0.25) is 4.79 Å². The van der Waals surface area contributed by atoms with Gasteiger partial charge in [-0.2, -0.15) is 11.8 Å². The van der Waals surface area contributed by atoms with Crippen LogP contribution in [-0.4, -0.2) is 36.7 Å². The van der Waals surface area contributed by atoms with Crippen molar-refractivity contribution < 1.29 is 9.53 Å². The predicted octanol–water partition coefficient (Wildman–Crippen LogP) is 2.45. The summed E-state index contributed by atoms with van der Waals surface area (Å²) in [6.07, 6.45) is 3.53. The third-order valence-electron chi connectivity index (χ3n) is 2.35. The largest absolute Gasteiger partial charge is 0.465 e. The average Bonchev–Trinajstić information content (AvgIpc) is 2.27. The lowest BCUT2D eigenvalue weighted by molar-refractivity contribution is -0.139. The van der Waals surface area contributed by atoms with Crippen LogP contribution >= 0.6 is 11.8 Å². The number of thioether (sulfide) groups is 1. The van der Waals surface area contributed by atoms with Crippen molar-refractivity contribution in [3.63, 3.8) is 0 Å². The highest BCUT2D eigenvalue weighted by molar-refractivity contribution is 7.99. The topological polar surface area (TPSA) is 38.3 Å². The lowest BCUT2D eigenvalue weighted by atomic mass is 10.1. The zero-order valence-electron chi connectivity index (χ0n) is 10.8. The minimum Gasteiger partial charge on any atom is -0.465 e. The molecule has 0 saturated carbocycles. The fourth-order valence-corrected chi connectivity index (χ4v) is 2.29. The van der Waals surface area contributed by atoms with Crippen molar-refractivity contribution in [3.05, 3.63) is 0 Å². The summed E-state index contributed by atoms with van der Waals surface area (Å²) in [5.41, 5.74) is 0. The van der Waals surface area contributed by atoms with E-state index in [1.165, 1.54) is 12.8 Å². The molecule has 0 aromatic heterocycles. The van der Waals surface area contributed by atoms with E-state index >= 15 is 0 Å². The van der Waals surface area contributed by atoms with E-state index in [1.807, 2.05) is 6.92 Å². The number of rotatable bonds is 10. The van der Waals surface area contributed by atoms with Crippen LogP contribution in [0, 0.1) is 0 Å². The molecule has 0 saturated heterocycles. The van der Waals surface area contributed by atoms with Crippen molar-refractivity contribution in [2.45, 2.75) is 46.1 Å². The monoisotopic (exact) mass is 247 g/mol. The second kappa shape index (κ2) is 11.3. The molecule has 1 unspecified atom stereocenters. The van der Waals surface area contributed by atoms with E-state index in [0.717, 1.165) is 18.7 Å². The van der Waals surface area contributed by atoms with Gasteiger partial charge in [-0.15, -0.1) is 0 Å². The second-order valence-corrected chi connectivity index (χ2v) is 4.77. The molecule has 0 radical (unpaired) electrons. The second-order valence-electron chi connectivity index (χ2n) is 3.66. The molecule has 3 nitrogen and oxygen atoms in total. The van der Waals surface area contributed by atoms with Crippen molar-refractivity contribution >= 4 is 17.7 Å². The minimum absolute atomic E-state index is 0.0915. The molecule has 16 heavy (non-hydrogen) atoms. The third-order valence-corrected chi connectivity index (χ3v) is 3.37. The van der Waals surface area contributed by atoms with E-state index < -0.39 is 0 Å². The standard InChI is InChI=1S/C12H25NO2S/c1-4-11(13-5-2)8-7-9-16-10-12(14)15-6-3/h11,13H,4-10H2,1-3H3. The maximum absolute atomic E-state index is 11.0. The number of carbonyl (C=O) groups excluding carboxylic acids is 1. The quantitative estimate of drug-likeness (QED) is 0.475. The molecule has 0 aromatic carbocycles. The first-order chi connectivity index (χ1) is 7.74. The Balaban J connectivity index is 3.34. The average molecular weight is 247 g/mol. The molecule has 0 amide bonds. The molecule has 4 heteroatoms. The molecule has 0 rings (SSSR count). The van der Waals surface area contributed by atoms with Crippen molar-refractivity contribution in [1.82, 2.24) is 5.32 Å². The van der Waals surface area contributed by atoms with Gasteiger partial charge in [0.25, 0.3) is 0 Å². The Hall–Kier alpha value is -0.220. The van der Waals surface area contributed by atoms with E-state index in [4.69, 9.17) is 4.74 Å². The molecule has 1 atom stereocenters. The highest BCUT2D eigenvalue weighted by atomic mass is 32.2. The van der Waals surface area contributed by atoms with E-state index in [9.17, 15) is 4.79 Å². The minimum atomic E-state index is -0.0915. The molecule has 0 spiro atoms. The number of carbonyl (C=O) groups is 1. The summed E-state index contributed by atoms with van der Waals surface area (Å²) in [5, 5.41) is 3.45. The maximum atomic E-state index is 11.0. The van der Waals surface area contributed by atoms with E-state index in [0.29, 0.717) is 18.4 Å². The van der Waals surface area contributed by atoms with E-state index in [2.05, 4.69) is 19.2 Å². The van der Waals surface area contributed by atoms with Crippen LogP contribution in [0.3, 0.4) is 0 Å². The lowest BCUT2D eigenvalue weighted by Crippen LogP contribution is -2.28. The van der Waals surface area contributed by atoms with E-state index in [-0.39, 0.29) is 5.97 Å². The molecule has 0 aliphatic heterocycles. The number of hydrogen-bond donors (Lipinski definition) is 1. The Kier molecular flexibility index (Phi) is 11.1. The van der Waals surface area contributed by atoms with Crippen molar-refractivity contribution in [2.24, 2.45) is 0 Å². The highest BCUT2D eigenvalue weighted by Gasteiger charge is 2.05. The summed E-state index contributed by atoms with van der Waals surface area (Å²) in [5.74, 6) is 1.44. The van der Waals surface area contributed by atoms with Gasteiger partial charge in [0.15, 0.2) is 0 Å². The van der Waals surface area contributed by atoms with Gasteiger partial charge in [0.2, 0.25) is 0 Å². The maximum Gasteiger partial charge on any atom is 0.315 e. The Bertz CT molecular complexity index is 176. The zero-order valence-corrected chi connectivity index (χ0v) is 11.6. The van der Waals surface area contributed by atoms with E-state index in [1.54, 1.807) is 11.8 Å². The predicted molar refractivity (Wildman–Crippen MR) is 70.9 cm³/mol. The Labute approximate surface area is 104 Å². The smallest absolute Gasteiger partial charge is 0.315 e. The van der Waals surface area contributed by atoms with Crippen LogP contribution in [0.4, 0.5) is 0 Å². The third kappa shape index (κ3) is 9.04. The fraction of sp³-hybridized carbons (Fsp3) is 0.917. The number of hydrogen-bond acceptors (Lipinski definition) is 4. The van der Waals surface area contributed by atoms with Gasteiger partial charge in [-0.1, -0.05) is 13.8 Å². The van der Waals surface area contributed by atoms with Crippen LogP contribution in [0.2, 0.25) is 0 Å². The molecular weight excluding hydrogens is 222 g/mol. The van der Waals surface area contributed by atoms with Gasteiger partial charge in [0.1, 0.15) is 0 Å². The van der Waals surface area contributed by atoms with Gasteiger partial charge in [-0.05, 0) is 38.5 Å². The van der Waals surface area contributed by atoms with Crippen molar-refractivity contribution in [3.8, 4) is 0 Å². The summed E-state index contributed by atoms with van der Waals surface area (Å²) in [7, 11) is 0. The first-order valence-corrected chi connectivity index (χ1v) is 7.36. The van der Waals surface area contributed by atoms with Crippen LogP contribution in [-0.2, 0) is 9.53 Å². The Morgan fingerprint density at radius 1 is 1.38 bits per heavy atom. The number of ether oxygens (including phenoxy) is 1. The Morgan fingerprint density at radius 3 is 2.69 bits per heavy atom. The van der Waals surface area contributed by atoms with Crippen LogP contribution < -0.4 is 5.32 Å². The molecule has 0 bridgehead atoms. The fourth-order valence-electron chi connectivity index (χ4n) is 1.53. The first-order valence-electron chi connectivity index (χ1n) is 6.21. The summed E-state index contributed by atoms with van der Waals surface area (Å²) in [6, 6.07) is 0.633. The van der Waals surface area contributed by atoms with Crippen LogP contribution in [0.5, 0.6) is 0 Å². The van der Waals surface area contributed by atoms with Gasteiger partial charge >= 0.3 is 5.97 Å². The molecule has 0 aliphatic rings. The molecule has 0 fully saturated rings. The summed E-state index contributed by atoms with van der Waals surface area (Å²) in [6.45, 7) is 7.70. The van der Waals surface area contributed by atoms with Crippen molar-refractivity contribution in [1.29, 1.82) is 0 Å². The number of esters is 1. The van der Waals surface area contributed by atoms with Crippen LogP contribution in [0.1, 0.15) is 40.0 Å². The van der Waals surface area contributed by atoms with Crippen LogP contribution in [0.25, 0.3) is 0 Å². The van der Waals surface area contributed by atoms with Gasteiger partial charge in [0.05, 0.1) is 12.4 Å². The highest BCUT2D eigenvalue weighted by Crippen LogP contribution is 2.08. The normalized spacial score (nSPS) is 12.4.